The van der Waals surface area contributed by atoms with E-state index in [-0.39, 0.29) is 11.7 Å². The molecule has 1 saturated heterocycles. The second kappa shape index (κ2) is 7.53. The first-order chi connectivity index (χ1) is 10.4. The SMILES string of the molecule is C=C1N=C(N(C(C)C)C(C)C)C=CN1[C@H]1CS[C@@H](COC)O1. The Labute approximate surface area is 138 Å². The quantitative estimate of drug-likeness (QED) is 0.777. The first-order valence-corrected chi connectivity index (χ1v) is 8.77. The summed E-state index contributed by atoms with van der Waals surface area (Å²) in [5.41, 5.74) is 0.0874. The van der Waals surface area contributed by atoms with E-state index < -0.39 is 0 Å². The number of nitrogens with zero attached hydrogens (tertiary/aromatic N) is 3. The lowest BCUT2D eigenvalue weighted by atomic mass is 10.2. The molecule has 0 saturated carbocycles. The van der Waals surface area contributed by atoms with Crippen molar-refractivity contribution in [3.05, 3.63) is 24.7 Å². The van der Waals surface area contributed by atoms with Crippen molar-refractivity contribution in [3.8, 4) is 0 Å². The Kier molecular flexibility index (Phi) is 5.94. The molecule has 0 aromatic heterocycles. The Morgan fingerprint density at radius 2 is 2.14 bits per heavy atom. The lowest BCUT2D eigenvalue weighted by molar-refractivity contribution is -0.0311. The van der Waals surface area contributed by atoms with Gasteiger partial charge in [0.25, 0.3) is 0 Å². The van der Waals surface area contributed by atoms with E-state index in [1.165, 1.54) is 0 Å². The summed E-state index contributed by atoms with van der Waals surface area (Å²) >= 11 is 1.76. The predicted octanol–water partition coefficient (Wildman–Crippen LogP) is 2.87. The summed E-state index contributed by atoms with van der Waals surface area (Å²) in [5.74, 6) is 2.58. The predicted molar refractivity (Wildman–Crippen MR) is 92.7 cm³/mol. The molecule has 0 N–H and O–H groups in total. The summed E-state index contributed by atoms with van der Waals surface area (Å²) in [6.45, 7) is 13.4. The molecule has 0 unspecified atom stereocenters. The molecule has 1 fully saturated rings. The molecule has 2 rings (SSSR count). The van der Waals surface area contributed by atoms with Crippen LogP contribution in [0.5, 0.6) is 0 Å². The Morgan fingerprint density at radius 1 is 1.45 bits per heavy atom. The van der Waals surface area contributed by atoms with Crippen LogP contribution in [-0.4, -0.2) is 58.9 Å². The van der Waals surface area contributed by atoms with Crippen LogP contribution in [0.25, 0.3) is 0 Å². The summed E-state index contributed by atoms with van der Waals surface area (Å²) < 4.78 is 11.1. The number of rotatable bonds is 5. The topological polar surface area (TPSA) is 37.3 Å². The summed E-state index contributed by atoms with van der Waals surface area (Å²) in [4.78, 5) is 8.98. The summed E-state index contributed by atoms with van der Waals surface area (Å²) in [5, 5.41) is 0. The fourth-order valence-electron chi connectivity index (χ4n) is 2.80. The highest BCUT2D eigenvalue weighted by atomic mass is 32.2. The van der Waals surface area contributed by atoms with E-state index in [1.807, 2.05) is 17.2 Å². The van der Waals surface area contributed by atoms with Gasteiger partial charge in [-0.2, -0.15) is 0 Å². The van der Waals surface area contributed by atoms with Gasteiger partial charge in [-0.25, -0.2) is 4.99 Å². The number of hydrogen-bond donors (Lipinski definition) is 0. The van der Waals surface area contributed by atoms with Crippen LogP contribution in [0.4, 0.5) is 0 Å². The monoisotopic (exact) mass is 325 g/mol. The van der Waals surface area contributed by atoms with Crippen molar-refractivity contribution in [3.63, 3.8) is 0 Å². The van der Waals surface area contributed by atoms with Crippen molar-refractivity contribution in [1.29, 1.82) is 0 Å². The van der Waals surface area contributed by atoms with Crippen LogP contribution < -0.4 is 0 Å². The van der Waals surface area contributed by atoms with Crippen LogP contribution in [0.15, 0.2) is 29.7 Å². The zero-order chi connectivity index (χ0) is 16.3. The van der Waals surface area contributed by atoms with Crippen molar-refractivity contribution >= 4 is 17.6 Å². The highest BCUT2D eigenvalue weighted by Gasteiger charge is 2.32. The van der Waals surface area contributed by atoms with E-state index in [0.717, 1.165) is 17.4 Å². The van der Waals surface area contributed by atoms with E-state index >= 15 is 0 Å². The smallest absolute Gasteiger partial charge is 0.145 e. The highest BCUT2D eigenvalue weighted by Crippen LogP contribution is 2.30. The third-order valence-electron chi connectivity index (χ3n) is 3.65. The molecule has 0 amide bonds. The number of thioether (sulfide) groups is 1. The van der Waals surface area contributed by atoms with Gasteiger partial charge >= 0.3 is 0 Å². The molecule has 5 nitrogen and oxygen atoms in total. The molecule has 0 aromatic rings. The van der Waals surface area contributed by atoms with E-state index in [4.69, 9.17) is 9.47 Å². The number of amidine groups is 1. The molecular weight excluding hydrogens is 298 g/mol. The van der Waals surface area contributed by atoms with Gasteiger partial charge in [0.2, 0.25) is 0 Å². The molecule has 2 atom stereocenters. The number of methoxy groups -OCH3 is 1. The summed E-state index contributed by atoms with van der Waals surface area (Å²) in [7, 11) is 1.69. The van der Waals surface area contributed by atoms with E-state index in [9.17, 15) is 0 Å². The van der Waals surface area contributed by atoms with Crippen LogP contribution in [0.2, 0.25) is 0 Å². The van der Waals surface area contributed by atoms with Crippen LogP contribution in [0.3, 0.4) is 0 Å². The molecule has 124 valence electrons. The van der Waals surface area contributed by atoms with Gasteiger partial charge in [0, 0.05) is 31.1 Å². The maximum absolute atomic E-state index is 5.97. The minimum Gasteiger partial charge on any atom is -0.381 e. The standard InChI is InChI=1S/C16H27N3O2S/c1-11(2)19(12(3)4)14-7-8-18(13(5)17-14)15-10-22-16(21-15)9-20-6/h7-8,11-12,15-16H,5,9-10H2,1-4,6H3/t15-,16+/m1/s1. The third kappa shape index (κ3) is 3.86. The van der Waals surface area contributed by atoms with E-state index in [1.54, 1.807) is 18.9 Å². The first-order valence-electron chi connectivity index (χ1n) is 7.72. The summed E-state index contributed by atoms with van der Waals surface area (Å²) in [6.07, 6.45) is 4.06. The van der Waals surface area contributed by atoms with Gasteiger partial charge in [-0.1, -0.05) is 6.58 Å². The lowest BCUT2D eigenvalue weighted by Gasteiger charge is -2.36. The van der Waals surface area contributed by atoms with Gasteiger partial charge in [-0.15, -0.1) is 11.8 Å². The van der Waals surface area contributed by atoms with Gasteiger partial charge < -0.3 is 19.3 Å². The molecule has 2 aliphatic heterocycles. The first kappa shape index (κ1) is 17.4. The molecule has 2 heterocycles. The number of aliphatic imine (C=N–C) groups is 1. The van der Waals surface area contributed by atoms with Gasteiger partial charge in [0.15, 0.2) is 0 Å². The zero-order valence-electron chi connectivity index (χ0n) is 14.2. The molecule has 0 aromatic carbocycles. The molecule has 22 heavy (non-hydrogen) atoms. The Bertz CT molecular complexity index is 454. The van der Waals surface area contributed by atoms with Crippen LogP contribution in [0.1, 0.15) is 27.7 Å². The second-order valence-electron chi connectivity index (χ2n) is 6.01. The minimum absolute atomic E-state index is 0.0225. The molecule has 2 aliphatic rings. The number of hydrogen-bond acceptors (Lipinski definition) is 6. The molecule has 6 heteroatoms. The normalized spacial score (nSPS) is 25.3. The highest BCUT2D eigenvalue weighted by molar-refractivity contribution is 8.00. The van der Waals surface area contributed by atoms with Gasteiger partial charge in [0.1, 0.15) is 23.3 Å². The maximum atomic E-state index is 5.97. The van der Waals surface area contributed by atoms with Crippen molar-refractivity contribution < 1.29 is 9.47 Å². The van der Waals surface area contributed by atoms with Gasteiger partial charge in [-0.3, -0.25) is 0 Å². The average molecular weight is 325 g/mol. The summed E-state index contributed by atoms with van der Waals surface area (Å²) in [6, 6.07) is 0.791. The van der Waals surface area contributed by atoms with E-state index in [2.05, 4.69) is 44.2 Å². The molecular formula is C16H27N3O2S. The van der Waals surface area contributed by atoms with Gasteiger partial charge in [0.05, 0.1) is 6.61 Å². The lowest BCUT2D eigenvalue weighted by Crippen LogP contribution is -2.43. The minimum atomic E-state index is -0.0225. The van der Waals surface area contributed by atoms with Crippen molar-refractivity contribution in [1.82, 2.24) is 9.80 Å². The number of ether oxygens (including phenoxy) is 2. The third-order valence-corrected chi connectivity index (χ3v) is 4.75. The Morgan fingerprint density at radius 3 is 2.68 bits per heavy atom. The fourth-order valence-corrected chi connectivity index (χ4v) is 3.86. The van der Waals surface area contributed by atoms with Crippen LogP contribution in [-0.2, 0) is 9.47 Å². The maximum Gasteiger partial charge on any atom is 0.145 e. The van der Waals surface area contributed by atoms with Crippen molar-refractivity contribution in [2.24, 2.45) is 4.99 Å². The average Bonchev–Trinajstić information content (AvgIpc) is 2.87. The van der Waals surface area contributed by atoms with Crippen LogP contribution >= 0.6 is 11.8 Å². The van der Waals surface area contributed by atoms with Crippen LogP contribution in [0, 0.1) is 0 Å². The Balaban J connectivity index is 2.04. The Hall–Kier alpha value is -0.980. The fraction of sp³-hybridized carbons (Fsp3) is 0.688. The van der Waals surface area contributed by atoms with Crippen molar-refractivity contribution in [2.45, 2.75) is 51.4 Å². The molecule has 0 radical (unpaired) electrons. The zero-order valence-corrected chi connectivity index (χ0v) is 15.0. The molecule has 0 spiro atoms. The van der Waals surface area contributed by atoms with Crippen molar-refractivity contribution in [2.75, 3.05) is 19.5 Å². The van der Waals surface area contributed by atoms with Gasteiger partial charge in [-0.05, 0) is 33.8 Å². The van der Waals surface area contributed by atoms with E-state index in [0.29, 0.717) is 18.7 Å². The second-order valence-corrected chi connectivity index (χ2v) is 7.21. The largest absolute Gasteiger partial charge is 0.381 e. The molecule has 0 aliphatic carbocycles. The molecule has 0 bridgehead atoms.